The smallest absolute Gasteiger partial charge is 0.264 e. The van der Waals surface area contributed by atoms with Gasteiger partial charge in [-0.25, -0.2) is 18.4 Å². The lowest BCUT2D eigenvalue weighted by atomic mass is 10.2. The summed E-state index contributed by atoms with van der Waals surface area (Å²) >= 11 is 0. The van der Waals surface area contributed by atoms with E-state index in [0.29, 0.717) is 22.4 Å². The minimum Gasteiger partial charge on any atom is -0.345 e. The Labute approximate surface area is 160 Å². The summed E-state index contributed by atoms with van der Waals surface area (Å²) in [5.41, 5.74) is 1.26. The number of aromatic amines is 1. The summed E-state index contributed by atoms with van der Waals surface area (Å²) in [5.74, 6) is 0.0146. The molecule has 8 nitrogen and oxygen atoms in total. The quantitative estimate of drug-likeness (QED) is 0.482. The van der Waals surface area contributed by atoms with Gasteiger partial charge >= 0.3 is 0 Å². The second-order valence-electron chi connectivity index (χ2n) is 5.91. The van der Waals surface area contributed by atoms with E-state index in [2.05, 4.69) is 25.0 Å². The minimum absolute atomic E-state index is 0.0945. The molecule has 1 amide bonds. The molecule has 3 N–H and O–H groups in total. The van der Waals surface area contributed by atoms with E-state index in [4.69, 9.17) is 0 Å². The summed E-state index contributed by atoms with van der Waals surface area (Å²) in [6.07, 6.45) is 4.31. The number of hydrogen-bond donors (Lipinski definition) is 3. The molecule has 0 fully saturated rings. The Hall–Kier alpha value is -3.72. The average Bonchev–Trinajstić information content (AvgIpc) is 3.15. The number of fused-ring (bicyclic) bond motifs is 1. The molecular weight excluding hydrogens is 378 g/mol. The van der Waals surface area contributed by atoms with Crippen LogP contribution < -0.4 is 10.0 Å². The third-order valence-corrected chi connectivity index (χ3v) is 5.42. The van der Waals surface area contributed by atoms with Gasteiger partial charge in [-0.3, -0.25) is 9.52 Å². The maximum Gasteiger partial charge on any atom is 0.264 e. The molecule has 0 unspecified atom stereocenters. The monoisotopic (exact) mass is 393 g/mol. The molecule has 1 aromatic carbocycles. The zero-order valence-corrected chi connectivity index (χ0v) is 15.3. The van der Waals surface area contributed by atoms with E-state index in [0.717, 1.165) is 0 Å². The van der Waals surface area contributed by atoms with Crippen molar-refractivity contribution in [2.75, 3.05) is 10.0 Å². The van der Waals surface area contributed by atoms with Crippen molar-refractivity contribution in [3.05, 3.63) is 78.8 Å². The van der Waals surface area contributed by atoms with E-state index < -0.39 is 10.0 Å². The zero-order valence-electron chi connectivity index (χ0n) is 14.5. The molecule has 28 heavy (non-hydrogen) atoms. The molecule has 0 aliphatic heterocycles. The highest BCUT2D eigenvalue weighted by Crippen LogP contribution is 2.23. The van der Waals surface area contributed by atoms with Crippen molar-refractivity contribution >= 4 is 38.5 Å². The number of nitrogens with one attached hydrogen (secondary N) is 3. The summed E-state index contributed by atoms with van der Waals surface area (Å²) in [7, 11) is -3.82. The Morgan fingerprint density at radius 1 is 0.964 bits per heavy atom. The van der Waals surface area contributed by atoms with Crippen LogP contribution in [0.4, 0.5) is 11.5 Å². The van der Waals surface area contributed by atoms with Gasteiger partial charge in [-0.05, 0) is 36.4 Å². The molecule has 4 aromatic rings. The molecule has 140 valence electrons. The predicted molar refractivity (Wildman–Crippen MR) is 106 cm³/mol. The van der Waals surface area contributed by atoms with Crippen LogP contribution in [0.1, 0.15) is 10.4 Å². The van der Waals surface area contributed by atoms with Crippen molar-refractivity contribution in [1.82, 2.24) is 15.0 Å². The highest BCUT2D eigenvalue weighted by atomic mass is 32.2. The van der Waals surface area contributed by atoms with Crippen LogP contribution in [0.3, 0.4) is 0 Å². The van der Waals surface area contributed by atoms with E-state index in [1.807, 2.05) is 6.07 Å². The standard InChI is InChI=1S/C19H15N5O3S/c25-19(13-5-2-1-3-6-13)23-17-9-8-14(11-21-17)24-28(26,27)16-12-22-18-15(16)7-4-10-20-18/h1-12,24H,(H,20,22)(H,21,23,25). The molecule has 0 radical (unpaired) electrons. The van der Waals surface area contributed by atoms with Gasteiger partial charge in [0.1, 0.15) is 16.4 Å². The minimum atomic E-state index is -3.82. The fraction of sp³-hybridized carbons (Fsp3) is 0. The molecule has 0 saturated carbocycles. The molecule has 0 spiro atoms. The second kappa shape index (κ2) is 7.12. The molecule has 0 aliphatic rings. The highest BCUT2D eigenvalue weighted by molar-refractivity contribution is 7.93. The number of carbonyl (C=O) groups excluding carboxylic acids is 1. The van der Waals surface area contributed by atoms with Crippen LogP contribution in [-0.4, -0.2) is 29.3 Å². The van der Waals surface area contributed by atoms with Crippen molar-refractivity contribution in [3.8, 4) is 0 Å². The van der Waals surface area contributed by atoms with Gasteiger partial charge in [0.05, 0.1) is 11.9 Å². The Morgan fingerprint density at radius 3 is 2.54 bits per heavy atom. The molecule has 0 atom stereocenters. The van der Waals surface area contributed by atoms with Gasteiger partial charge in [-0.2, -0.15) is 0 Å². The van der Waals surface area contributed by atoms with E-state index in [-0.39, 0.29) is 16.5 Å². The average molecular weight is 393 g/mol. The van der Waals surface area contributed by atoms with Crippen molar-refractivity contribution in [2.45, 2.75) is 4.90 Å². The lowest BCUT2D eigenvalue weighted by molar-refractivity contribution is 0.102. The van der Waals surface area contributed by atoms with Gasteiger partial charge in [0, 0.05) is 23.3 Å². The molecule has 3 aromatic heterocycles. The largest absolute Gasteiger partial charge is 0.345 e. The normalized spacial score (nSPS) is 11.3. The van der Waals surface area contributed by atoms with Crippen LogP contribution in [0, 0.1) is 0 Å². The Balaban J connectivity index is 1.50. The number of rotatable bonds is 5. The van der Waals surface area contributed by atoms with Crippen molar-refractivity contribution in [3.63, 3.8) is 0 Å². The molecular formula is C19H15N5O3S. The number of aromatic nitrogens is 3. The Morgan fingerprint density at radius 2 is 1.79 bits per heavy atom. The lowest BCUT2D eigenvalue weighted by Crippen LogP contribution is -2.14. The third kappa shape index (κ3) is 3.55. The first-order valence-corrected chi connectivity index (χ1v) is 9.79. The summed E-state index contributed by atoms with van der Waals surface area (Å²) in [6, 6.07) is 15.1. The van der Waals surface area contributed by atoms with Gasteiger partial charge in [-0.1, -0.05) is 18.2 Å². The summed E-state index contributed by atoms with van der Waals surface area (Å²) in [4.78, 5) is 23.2. The molecule has 3 heterocycles. The first-order chi connectivity index (χ1) is 13.5. The Bertz CT molecular complexity index is 1240. The third-order valence-electron chi connectivity index (χ3n) is 4.00. The molecule has 0 aliphatic carbocycles. The number of nitrogens with zero attached hydrogens (tertiary/aromatic N) is 2. The summed E-state index contributed by atoms with van der Waals surface area (Å²) < 4.78 is 27.8. The van der Waals surface area contributed by atoms with E-state index >= 15 is 0 Å². The second-order valence-corrected chi connectivity index (χ2v) is 7.56. The van der Waals surface area contributed by atoms with Gasteiger partial charge in [-0.15, -0.1) is 0 Å². The summed E-state index contributed by atoms with van der Waals surface area (Å²) in [6.45, 7) is 0. The maximum atomic E-state index is 12.7. The van der Waals surface area contributed by atoms with Crippen LogP contribution in [0.5, 0.6) is 0 Å². The number of H-pyrrole nitrogens is 1. The topological polar surface area (TPSA) is 117 Å². The first-order valence-electron chi connectivity index (χ1n) is 8.30. The Kier molecular flexibility index (Phi) is 4.50. The predicted octanol–water partition coefficient (Wildman–Crippen LogP) is 3.01. The number of benzene rings is 1. The van der Waals surface area contributed by atoms with E-state index in [9.17, 15) is 13.2 Å². The highest BCUT2D eigenvalue weighted by Gasteiger charge is 2.19. The van der Waals surface area contributed by atoms with Gasteiger partial charge in [0.25, 0.3) is 15.9 Å². The lowest BCUT2D eigenvalue weighted by Gasteiger charge is -2.08. The van der Waals surface area contributed by atoms with Gasteiger partial charge < -0.3 is 10.3 Å². The number of amides is 1. The SMILES string of the molecule is O=C(Nc1ccc(NS(=O)(=O)c2c[nH]c3ncccc23)cn1)c1ccccc1. The first kappa shape index (κ1) is 17.7. The van der Waals surface area contributed by atoms with E-state index in [1.165, 1.54) is 24.5 Å². The number of hydrogen-bond acceptors (Lipinski definition) is 5. The van der Waals surface area contributed by atoms with Crippen LogP contribution >= 0.6 is 0 Å². The molecule has 0 bridgehead atoms. The maximum absolute atomic E-state index is 12.7. The van der Waals surface area contributed by atoms with Crippen LogP contribution in [-0.2, 0) is 10.0 Å². The zero-order chi connectivity index (χ0) is 19.6. The van der Waals surface area contributed by atoms with Gasteiger partial charge in [0.2, 0.25) is 0 Å². The van der Waals surface area contributed by atoms with E-state index in [1.54, 1.807) is 42.6 Å². The van der Waals surface area contributed by atoms with Crippen LogP contribution in [0.2, 0.25) is 0 Å². The van der Waals surface area contributed by atoms with Crippen LogP contribution in [0.15, 0.2) is 78.1 Å². The number of anilines is 2. The summed E-state index contributed by atoms with van der Waals surface area (Å²) in [5, 5.41) is 3.15. The fourth-order valence-corrected chi connectivity index (χ4v) is 3.88. The van der Waals surface area contributed by atoms with Crippen LogP contribution in [0.25, 0.3) is 11.0 Å². The van der Waals surface area contributed by atoms with Crippen molar-refractivity contribution in [1.29, 1.82) is 0 Å². The van der Waals surface area contributed by atoms with Crippen molar-refractivity contribution < 1.29 is 13.2 Å². The van der Waals surface area contributed by atoms with Crippen molar-refractivity contribution in [2.24, 2.45) is 0 Å². The molecule has 9 heteroatoms. The fourth-order valence-electron chi connectivity index (χ4n) is 2.67. The number of carbonyl (C=O) groups is 1. The van der Waals surface area contributed by atoms with Gasteiger partial charge in [0.15, 0.2) is 0 Å². The molecule has 0 saturated heterocycles. The number of pyridine rings is 2. The molecule has 4 rings (SSSR count). The number of sulfonamides is 1.